The molecular formula is C19H26N2O4. The Morgan fingerprint density at radius 1 is 1.16 bits per heavy atom. The van der Waals surface area contributed by atoms with Crippen LogP contribution in [0.3, 0.4) is 0 Å². The summed E-state index contributed by atoms with van der Waals surface area (Å²) < 4.78 is 0. The quantitative estimate of drug-likeness (QED) is 0.827. The molecule has 2 rings (SSSR count). The minimum Gasteiger partial charge on any atom is -0.481 e. The van der Waals surface area contributed by atoms with Crippen molar-refractivity contribution in [3.05, 3.63) is 35.9 Å². The van der Waals surface area contributed by atoms with Crippen molar-refractivity contribution in [2.45, 2.75) is 39.2 Å². The molecule has 1 aliphatic rings. The van der Waals surface area contributed by atoms with Crippen molar-refractivity contribution in [3.63, 3.8) is 0 Å². The second-order valence-corrected chi connectivity index (χ2v) is 6.82. The van der Waals surface area contributed by atoms with Crippen LogP contribution >= 0.6 is 0 Å². The van der Waals surface area contributed by atoms with Crippen LogP contribution in [-0.2, 0) is 14.4 Å². The van der Waals surface area contributed by atoms with E-state index >= 15 is 0 Å². The van der Waals surface area contributed by atoms with Crippen LogP contribution < -0.4 is 5.32 Å². The molecule has 25 heavy (non-hydrogen) atoms. The second kappa shape index (κ2) is 8.65. The average Bonchev–Trinajstić information content (AvgIpc) is 2.61. The summed E-state index contributed by atoms with van der Waals surface area (Å²) >= 11 is 0. The van der Waals surface area contributed by atoms with Gasteiger partial charge in [-0.25, -0.2) is 0 Å². The summed E-state index contributed by atoms with van der Waals surface area (Å²) in [4.78, 5) is 37.5. The largest absolute Gasteiger partial charge is 0.481 e. The summed E-state index contributed by atoms with van der Waals surface area (Å²) in [6.45, 7) is 4.89. The zero-order valence-corrected chi connectivity index (χ0v) is 14.8. The van der Waals surface area contributed by atoms with Crippen LogP contribution in [0.1, 0.15) is 44.7 Å². The average molecular weight is 346 g/mol. The van der Waals surface area contributed by atoms with Crippen molar-refractivity contribution < 1.29 is 19.5 Å². The lowest BCUT2D eigenvalue weighted by atomic mass is 9.94. The van der Waals surface area contributed by atoms with E-state index in [1.807, 2.05) is 44.2 Å². The first kappa shape index (κ1) is 19.0. The predicted molar refractivity (Wildman–Crippen MR) is 93.7 cm³/mol. The Hall–Kier alpha value is -2.37. The standard InChI is InChI=1S/C19H26N2O4/c1-13(2)19(25)21-10-8-15(9-11-21)18(24)20-16(12-17(22)23)14-6-4-3-5-7-14/h3-7,13,15-16H,8-12H2,1-2H3,(H,20,24)(H,22,23). The number of carbonyl (C=O) groups excluding carboxylic acids is 2. The number of amides is 2. The maximum Gasteiger partial charge on any atom is 0.305 e. The van der Waals surface area contributed by atoms with Gasteiger partial charge in [0.2, 0.25) is 11.8 Å². The van der Waals surface area contributed by atoms with Crippen LogP contribution in [0.5, 0.6) is 0 Å². The number of likely N-dealkylation sites (tertiary alicyclic amines) is 1. The molecular weight excluding hydrogens is 320 g/mol. The van der Waals surface area contributed by atoms with Gasteiger partial charge in [-0.1, -0.05) is 44.2 Å². The van der Waals surface area contributed by atoms with E-state index in [4.69, 9.17) is 5.11 Å². The fourth-order valence-electron chi connectivity index (χ4n) is 3.13. The summed E-state index contributed by atoms with van der Waals surface area (Å²) in [6.07, 6.45) is 1.07. The monoisotopic (exact) mass is 346 g/mol. The van der Waals surface area contributed by atoms with E-state index < -0.39 is 12.0 Å². The lowest BCUT2D eigenvalue weighted by molar-refractivity contribution is -0.140. The van der Waals surface area contributed by atoms with Gasteiger partial charge in [0.1, 0.15) is 0 Å². The molecule has 1 aromatic rings. The van der Waals surface area contributed by atoms with Gasteiger partial charge in [0.15, 0.2) is 0 Å². The van der Waals surface area contributed by atoms with Gasteiger partial charge in [0.25, 0.3) is 0 Å². The number of piperidine rings is 1. The van der Waals surface area contributed by atoms with Crippen molar-refractivity contribution in [2.75, 3.05) is 13.1 Å². The Morgan fingerprint density at radius 3 is 2.28 bits per heavy atom. The zero-order chi connectivity index (χ0) is 18.4. The minimum atomic E-state index is -0.952. The smallest absolute Gasteiger partial charge is 0.305 e. The summed E-state index contributed by atoms with van der Waals surface area (Å²) in [7, 11) is 0. The van der Waals surface area contributed by atoms with E-state index in [2.05, 4.69) is 5.32 Å². The lowest BCUT2D eigenvalue weighted by Crippen LogP contribution is -2.45. The van der Waals surface area contributed by atoms with Gasteiger partial charge in [-0.3, -0.25) is 14.4 Å². The summed E-state index contributed by atoms with van der Waals surface area (Å²) in [6, 6.07) is 8.60. The highest BCUT2D eigenvalue weighted by molar-refractivity contribution is 5.81. The number of nitrogens with one attached hydrogen (secondary N) is 1. The first-order valence-electron chi connectivity index (χ1n) is 8.74. The Bertz CT molecular complexity index is 607. The maximum atomic E-state index is 12.6. The molecule has 0 saturated carbocycles. The zero-order valence-electron chi connectivity index (χ0n) is 14.8. The molecule has 0 radical (unpaired) electrons. The summed E-state index contributed by atoms with van der Waals surface area (Å²) in [5.41, 5.74) is 0.783. The fraction of sp³-hybridized carbons (Fsp3) is 0.526. The third-order valence-electron chi connectivity index (χ3n) is 4.57. The molecule has 2 amide bonds. The van der Waals surface area contributed by atoms with E-state index in [-0.39, 0.29) is 30.1 Å². The molecule has 1 aliphatic heterocycles. The van der Waals surface area contributed by atoms with Crippen molar-refractivity contribution in [1.82, 2.24) is 10.2 Å². The molecule has 6 nitrogen and oxygen atoms in total. The van der Waals surface area contributed by atoms with E-state index in [1.165, 1.54) is 0 Å². The third kappa shape index (κ3) is 5.31. The maximum absolute atomic E-state index is 12.6. The van der Waals surface area contributed by atoms with Gasteiger partial charge >= 0.3 is 5.97 Å². The Morgan fingerprint density at radius 2 is 1.76 bits per heavy atom. The number of nitrogens with zero attached hydrogens (tertiary/aromatic N) is 1. The third-order valence-corrected chi connectivity index (χ3v) is 4.57. The second-order valence-electron chi connectivity index (χ2n) is 6.82. The van der Waals surface area contributed by atoms with Gasteiger partial charge in [-0.05, 0) is 18.4 Å². The van der Waals surface area contributed by atoms with Crippen molar-refractivity contribution in [3.8, 4) is 0 Å². The SMILES string of the molecule is CC(C)C(=O)N1CCC(C(=O)NC(CC(=O)O)c2ccccc2)CC1. The molecule has 2 N–H and O–H groups in total. The van der Waals surface area contributed by atoms with Crippen molar-refractivity contribution in [1.29, 1.82) is 0 Å². The Kier molecular flexibility index (Phi) is 6.56. The molecule has 0 spiro atoms. The molecule has 0 bridgehead atoms. The molecule has 1 aromatic carbocycles. The number of carboxylic acid groups (broad SMARTS) is 1. The van der Waals surface area contributed by atoms with Gasteiger partial charge in [0, 0.05) is 24.9 Å². The normalized spacial score (nSPS) is 16.5. The Balaban J connectivity index is 1.95. The van der Waals surface area contributed by atoms with Gasteiger partial charge in [0.05, 0.1) is 12.5 Å². The number of aliphatic carboxylic acids is 1. The van der Waals surface area contributed by atoms with E-state index in [0.29, 0.717) is 25.9 Å². The summed E-state index contributed by atoms with van der Waals surface area (Å²) in [5, 5.41) is 12.0. The van der Waals surface area contributed by atoms with Crippen LogP contribution in [0.2, 0.25) is 0 Å². The molecule has 1 saturated heterocycles. The number of carbonyl (C=O) groups is 3. The van der Waals surface area contributed by atoms with E-state index in [0.717, 1.165) is 5.56 Å². The van der Waals surface area contributed by atoms with Gasteiger partial charge in [-0.2, -0.15) is 0 Å². The highest BCUT2D eigenvalue weighted by atomic mass is 16.4. The van der Waals surface area contributed by atoms with Crippen molar-refractivity contribution >= 4 is 17.8 Å². The topological polar surface area (TPSA) is 86.7 Å². The molecule has 0 aliphatic carbocycles. The highest BCUT2D eigenvalue weighted by Gasteiger charge is 2.29. The predicted octanol–water partition coefficient (Wildman–Crippen LogP) is 2.21. The van der Waals surface area contributed by atoms with Crippen LogP contribution in [-0.4, -0.2) is 40.9 Å². The molecule has 1 atom stereocenters. The van der Waals surface area contributed by atoms with E-state index in [9.17, 15) is 14.4 Å². The van der Waals surface area contributed by atoms with Gasteiger partial charge < -0.3 is 15.3 Å². The lowest BCUT2D eigenvalue weighted by Gasteiger charge is -2.33. The number of rotatable bonds is 6. The molecule has 6 heteroatoms. The number of hydrogen-bond acceptors (Lipinski definition) is 3. The molecule has 136 valence electrons. The number of benzene rings is 1. The minimum absolute atomic E-state index is 0.0385. The number of hydrogen-bond donors (Lipinski definition) is 2. The van der Waals surface area contributed by atoms with Crippen molar-refractivity contribution in [2.24, 2.45) is 11.8 Å². The summed E-state index contributed by atoms with van der Waals surface area (Å²) in [5.74, 6) is -1.19. The Labute approximate surface area is 148 Å². The van der Waals surface area contributed by atoms with Crippen LogP contribution in [0, 0.1) is 11.8 Å². The van der Waals surface area contributed by atoms with Gasteiger partial charge in [-0.15, -0.1) is 0 Å². The fourth-order valence-corrected chi connectivity index (χ4v) is 3.13. The van der Waals surface area contributed by atoms with Crippen LogP contribution in [0.4, 0.5) is 0 Å². The van der Waals surface area contributed by atoms with Crippen LogP contribution in [0.15, 0.2) is 30.3 Å². The number of carboxylic acids is 1. The highest BCUT2D eigenvalue weighted by Crippen LogP contribution is 2.22. The van der Waals surface area contributed by atoms with E-state index in [1.54, 1.807) is 4.90 Å². The molecule has 1 fully saturated rings. The molecule has 1 unspecified atom stereocenters. The first-order valence-corrected chi connectivity index (χ1v) is 8.74. The molecule has 1 heterocycles. The molecule has 0 aromatic heterocycles. The first-order chi connectivity index (χ1) is 11.9. The van der Waals surface area contributed by atoms with Crippen LogP contribution in [0.25, 0.3) is 0 Å².